The summed E-state index contributed by atoms with van der Waals surface area (Å²) < 4.78 is 22.3. The maximum atomic E-state index is 11.8. The average Bonchev–Trinajstić information content (AvgIpc) is 1.96. The monoisotopic (exact) mass is 214 g/mol. The Morgan fingerprint density at radius 3 is 2.57 bits per heavy atom. The van der Waals surface area contributed by atoms with Gasteiger partial charge < -0.3 is 4.52 Å². The van der Waals surface area contributed by atoms with Crippen LogP contribution in [0.15, 0.2) is 12.2 Å². The first-order valence-corrected chi connectivity index (χ1v) is 6.45. The van der Waals surface area contributed by atoms with E-state index in [0.717, 1.165) is 6.42 Å². The van der Waals surface area contributed by atoms with Crippen molar-refractivity contribution in [2.24, 2.45) is 0 Å². The molecule has 0 fully saturated rings. The van der Waals surface area contributed by atoms with E-state index in [4.69, 9.17) is 15.5 Å². The Balaban J connectivity index is 2.53. The van der Waals surface area contributed by atoms with Crippen molar-refractivity contribution in [2.45, 2.75) is 32.0 Å². The molecule has 0 bridgehead atoms. The molecule has 3 nitrogen and oxygen atoms in total. The third kappa shape index (κ3) is 3.31. The van der Waals surface area contributed by atoms with Crippen LogP contribution in [0.5, 0.6) is 0 Å². The van der Waals surface area contributed by atoms with E-state index >= 15 is 0 Å². The molecule has 0 aromatic carbocycles. The summed E-state index contributed by atoms with van der Waals surface area (Å²) in [6, 6.07) is 0. The van der Waals surface area contributed by atoms with Crippen LogP contribution in [0.2, 0.25) is 0 Å². The van der Waals surface area contributed by atoms with Crippen molar-refractivity contribution in [3.8, 4) is 12.3 Å². The summed E-state index contributed by atoms with van der Waals surface area (Å²) >= 11 is 0. The van der Waals surface area contributed by atoms with Crippen molar-refractivity contribution in [3.63, 3.8) is 0 Å². The van der Waals surface area contributed by atoms with Gasteiger partial charge in [0.1, 0.15) is 5.60 Å². The lowest BCUT2D eigenvalue weighted by atomic mass is 10.1. The standard InChI is InChI=1S/C10H15O3P/c1-5-10(2,3)13-14(4,11)12-9-7-6-8-9/h1,6-7,9H,8H2,2-4H3. The van der Waals surface area contributed by atoms with Crippen LogP contribution < -0.4 is 0 Å². The molecule has 0 N–H and O–H groups in total. The third-order valence-corrected chi connectivity index (χ3v) is 3.23. The molecule has 0 amide bonds. The number of hydrogen-bond acceptors (Lipinski definition) is 3. The number of rotatable bonds is 4. The highest BCUT2D eigenvalue weighted by Gasteiger charge is 2.30. The molecule has 0 aromatic heterocycles. The Kier molecular flexibility index (Phi) is 3.21. The summed E-state index contributed by atoms with van der Waals surface area (Å²) in [5, 5.41) is 0. The predicted octanol–water partition coefficient (Wildman–Crippen LogP) is 2.58. The van der Waals surface area contributed by atoms with Gasteiger partial charge in [-0.3, -0.25) is 9.09 Å². The van der Waals surface area contributed by atoms with Gasteiger partial charge in [-0.1, -0.05) is 18.1 Å². The molecule has 0 aromatic rings. The first-order valence-electron chi connectivity index (χ1n) is 4.46. The smallest absolute Gasteiger partial charge is 0.301 e. The minimum atomic E-state index is -3.05. The molecule has 1 aliphatic carbocycles. The van der Waals surface area contributed by atoms with Crippen LogP contribution >= 0.6 is 7.60 Å². The van der Waals surface area contributed by atoms with Crippen LogP contribution in [0.25, 0.3) is 0 Å². The first kappa shape index (κ1) is 11.5. The molecule has 0 saturated heterocycles. The highest BCUT2D eigenvalue weighted by Crippen LogP contribution is 2.50. The van der Waals surface area contributed by atoms with Crippen molar-refractivity contribution < 1.29 is 13.6 Å². The van der Waals surface area contributed by atoms with E-state index in [2.05, 4.69) is 5.92 Å². The lowest BCUT2D eigenvalue weighted by Crippen LogP contribution is -2.22. The summed E-state index contributed by atoms with van der Waals surface area (Å²) in [6.45, 7) is 4.81. The summed E-state index contributed by atoms with van der Waals surface area (Å²) in [7, 11) is -3.05. The SMILES string of the molecule is C#CC(C)(C)OP(C)(=O)OC1C=CC1. The topological polar surface area (TPSA) is 35.5 Å². The van der Waals surface area contributed by atoms with Gasteiger partial charge in [-0.05, 0) is 20.3 Å². The average molecular weight is 214 g/mol. The largest absolute Gasteiger partial charge is 0.329 e. The molecule has 0 heterocycles. The van der Waals surface area contributed by atoms with Crippen molar-refractivity contribution in [2.75, 3.05) is 6.66 Å². The van der Waals surface area contributed by atoms with Crippen LogP contribution in [0.3, 0.4) is 0 Å². The summed E-state index contributed by atoms with van der Waals surface area (Å²) in [6.07, 6.45) is 9.74. The van der Waals surface area contributed by atoms with Gasteiger partial charge in [-0.25, -0.2) is 0 Å². The maximum absolute atomic E-state index is 11.8. The molecule has 4 heteroatoms. The lowest BCUT2D eigenvalue weighted by Gasteiger charge is -2.27. The summed E-state index contributed by atoms with van der Waals surface area (Å²) in [5.74, 6) is 2.41. The summed E-state index contributed by atoms with van der Waals surface area (Å²) in [4.78, 5) is 0. The van der Waals surface area contributed by atoms with Gasteiger partial charge in [-0.2, -0.15) is 0 Å². The van der Waals surface area contributed by atoms with E-state index in [9.17, 15) is 4.57 Å². The molecule has 78 valence electrons. The van der Waals surface area contributed by atoms with E-state index in [0.29, 0.717) is 0 Å². The van der Waals surface area contributed by atoms with Gasteiger partial charge in [0.15, 0.2) is 0 Å². The first-order chi connectivity index (χ1) is 6.35. The maximum Gasteiger partial charge on any atom is 0.329 e. The van der Waals surface area contributed by atoms with Crippen LogP contribution in [0, 0.1) is 12.3 Å². The molecule has 1 rings (SSSR count). The molecule has 2 atom stereocenters. The Morgan fingerprint density at radius 2 is 2.21 bits per heavy atom. The molecule has 0 radical (unpaired) electrons. The Morgan fingerprint density at radius 1 is 1.64 bits per heavy atom. The van der Waals surface area contributed by atoms with Crippen molar-refractivity contribution >= 4 is 7.60 Å². The second-order valence-corrected chi connectivity index (χ2v) is 5.76. The van der Waals surface area contributed by atoms with Crippen LogP contribution in [-0.4, -0.2) is 18.4 Å². The molecule has 1 aliphatic rings. The minimum Gasteiger partial charge on any atom is -0.301 e. The quantitative estimate of drug-likeness (QED) is 0.410. The highest BCUT2D eigenvalue weighted by atomic mass is 31.2. The molecule has 2 unspecified atom stereocenters. The fourth-order valence-corrected chi connectivity index (χ4v) is 2.61. The third-order valence-electron chi connectivity index (χ3n) is 1.79. The van der Waals surface area contributed by atoms with E-state index in [1.54, 1.807) is 13.8 Å². The van der Waals surface area contributed by atoms with E-state index in [1.807, 2.05) is 12.2 Å². The zero-order valence-electron chi connectivity index (χ0n) is 8.69. The molecular weight excluding hydrogens is 199 g/mol. The Hall–Kier alpha value is -0.550. The van der Waals surface area contributed by atoms with Crippen LogP contribution in [-0.2, 0) is 13.6 Å². The van der Waals surface area contributed by atoms with Gasteiger partial charge in [-0.15, -0.1) is 6.42 Å². The van der Waals surface area contributed by atoms with Crippen molar-refractivity contribution in [3.05, 3.63) is 12.2 Å². The summed E-state index contributed by atoms with van der Waals surface area (Å²) in [5.41, 5.74) is -0.849. The van der Waals surface area contributed by atoms with Crippen molar-refractivity contribution in [1.82, 2.24) is 0 Å². The van der Waals surface area contributed by atoms with E-state index < -0.39 is 13.2 Å². The highest BCUT2D eigenvalue weighted by molar-refractivity contribution is 7.53. The fraction of sp³-hybridized carbons (Fsp3) is 0.600. The zero-order valence-corrected chi connectivity index (χ0v) is 9.58. The van der Waals surface area contributed by atoms with Gasteiger partial charge in [0.2, 0.25) is 0 Å². The number of terminal acetylenes is 1. The van der Waals surface area contributed by atoms with Gasteiger partial charge in [0, 0.05) is 6.66 Å². The molecular formula is C10H15O3P. The molecule has 0 saturated carbocycles. The van der Waals surface area contributed by atoms with Gasteiger partial charge in [0.05, 0.1) is 6.10 Å². The molecule has 14 heavy (non-hydrogen) atoms. The van der Waals surface area contributed by atoms with Gasteiger partial charge in [0.25, 0.3) is 0 Å². The lowest BCUT2D eigenvalue weighted by molar-refractivity contribution is 0.110. The molecule has 0 aliphatic heterocycles. The minimum absolute atomic E-state index is 0.0839. The van der Waals surface area contributed by atoms with Gasteiger partial charge >= 0.3 is 7.60 Å². The Labute approximate surface area is 85.0 Å². The fourth-order valence-electron chi connectivity index (χ4n) is 1.03. The normalized spacial score (nSPS) is 24.9. The molecule has 0 spiro atoms. The van der Waals surface area contributed by atoms with Crippen molar-refractivity contribution in [1.29, 1.82) is 0 Å². The van der Waals surface area contributed by atoms with E-state index in [-0.39, 0.29) is 6.10 Å². The predicted molar refractivity (Wildman–Crippen MR) is 56.2 cm³/mol. The zero-order chi connectivity index (χ0) is 10.8. The van der Waals surface area contributed by atoms with Crippen LogP contribution in [0.4, 0.5) is 0 Å². The number of hydrogen-bond donors (Lipinski definition) is 0. The second-order valence-electron chi connectivity index (χ2n) is 3.82. The van der Waals surface area contributed by atoms with E-state index in [1.165, 1.54) is 6.66 Å². The second kappa shape index (κ2) is 3.90. The Bertz CT molecular complexity index is 325. The van der Waals surface area contributed by atoms with Crippen LogP contribution in [0.1, 0.15) is 20.3 Å².